The largest absolute Gasteiger partial charge is 0.494 e. The van der Waals surface area contributed by atoms with E-state index >= 15 is 0 Å². The molecule has 0 radical (unpaired) electrons. The van der Waals surface area contributed by atoms with Crippen LogP contribution in [0.25, 0.3) is 0 Å². The second kappa shape index (κ2) is 10.2. The lowest BCUT2D eigenvalue weighted by atomic mass is 10.1. The summed E-state index contributed by atoms with van der Waals surface area (Å²) in [6, 6.07) is 8.20. The van der Waals surface area contributed by atoms with Crippen LogP contribution in [0.1, 0.15) is 25.3 Å². The molecular formula is C19H31N3O2. The molecule has 0 bridgehead atoms. The third-order valence-corrected chi connectivity index (χ3v) is 4.14. The summed E-state index contributed by atoms with van der Waals surface area (Å²) < 4.78 is 11.4. The van der Waals surface area contributed by atoms with Crippen LogP contribution in [0.4, 0.5) is 0 Å². The minimum Gasteiger partial charge on any atom is -0.494 e. The van der Waals surface area contributed by atoms with Gasteiger partial charge in [0.1, 0.15) is 5.75 Å². The van der Waals surface area contributed by atoms with E-state index in [1.165, 1.54) is 18.4 Å². The summed E-state index contributed by atoms with van der Waals surface area (Å²) in [5.41, 5.74) is 1.22. The molecule has 0 saturated heterocycles. The fourth-order valence-electron chi connectivity index (χ4n) is 2.54. The summed E-state index contributed by atoms with van der Waals surface area (Å²) in [5.74, 6) is 2.69. The predicted octanol–water partition coefficient (Wildman–Crippen LogP) is 2.56. The van der Waals surface area contributed by atoms with E-state index in [4.69, 9.17) is 9.47 Å². The van der Waals surface area contributed by atoms with Crippen LogP contribution in [0.3, 0.4) is 0 Å². The smallest absolute Gasteiger partial charge is 0.193 e. The van der Waals surface area contributed by atoms with Crippen LogP contribution in [0.5, 0.6) is 5.75 Å². The van der Waals surface area contributed by atoms with Gasteiger partial charge in [0.25, 0.3) is 0 Å². The van der Waals surface area contributed by atoms with Crippen LogP contribution >= 0.6 is 0 Å². The Balaban J connectivity index is 1.70. The number of benzene rings is 1. The number of ether oxygens (including phenoxy) is 2. The molecule has 0 heterocycles. The van der Waals surface area contributed by atoms with Gasteiger partial charge in [0.05, 0.1) is 13.2 Å². The summed E-state index contributed by atoms with van der Waals surface area (Å²) in [4.78, 5) is 6.46. The van der Waals surface area contributed by atoms with Crippen molar-refractivity contribution in [1.29, 1.82) is 0 Å². The van der Waals surface area contributed by atoms with Gasteiger partial charge in [-0.15, -0.1) is 0 Å². The minimum atomic E-state index is 0.690. The van der Waals surface area contributed by atoms with Crippen molar-refractivity contribution in [3.63, 3.8) is 0 Å². The molecular weight excluding hydrogens is 302 g/mol. The summed E-state index contributed by atoms with van der Waals surface area (Å²) in [6.07, 6.45) is 3.58. The highest BCUT2D eigenvalue weighted by Crippen LogP contribution is 2.28. The van der Waals surface area contributed by atoms with Crippen LogP contribution in [-0.4, -0.2) is 57.9 Å². The second-order valence-electron chi connectivity index (χ2n) is 6.20. The minimum absolute atomic E-state index is 0.690. The first-order chi connectivity index (χ1) is 11.7. The molecule has 1 aliphatic rings. The van der Waals surface area contributed by atoms with Gasteiger partial charge in [-0.25, -0.2) is 0 Å². The SMILES string of the molecule is CCOc1ccccc1CCNC(=NC)N(C)CCOCC1CC1. The fraction of sp³-hybridized carbons (Fsp3) is 0.632. The molecule has 1 aromatic rings. The van der Waals surface area contributed by atoms with Crippen LogP contribution in [-0.2, 0) is 11.2 Å². The molecule has 5 nitrogen and oxygen atoms in total. The van der Waals surface area contributed by atoms with Crippen molar-refractivity contribution in [3.05, 3.63) is 29.8 Å². The highest BCUT2D eigenvalue weighted by atomic mass is 16.5. The normalized spacial score (nSPS) is 14.5. The first-order valence-corrected chi connectivity index (χ1v) is 8.94. The number of aliphatic imine (C=N–C) groups is 1. The molecule has 134 valence electrons. The standard InChI is InChI=1S/C19H31N3O2/c1-4-24-18-8-6-5-7-17(18)11-12-21-19(20-2)22(3)13-14-23-15-16-9-10-16/h5-8,16H,4,9-15H2,1-3H3,(H,20,21). The van der Waals surface area contributed by atoms with E-state index in [0.717, 1.165) is 50.4 Å². The van der Waals surface area contributed by atoms with E-state index in [2.05, 4.69) is 27.3 Å². The summed E-state index contributed by atoms with van der Waals surface area (Å²) in [5, 5.41) is 3.41. The number of hydrogen-bond acceptors (Lipinski definition) is 3. The van der Waals surface area contributed by atoms with Gasteiger partial charge in [-0.05, 0) is 43.7 Å². The summed E-state index contributed by atoms with van der Waals surface area (Å²) >= 11 is 0. The van der Waals surface area contributed by atoms with Crippen LogP contribution in [0, 0.1) is 5.92 Å². The molecule has 0 amide bonds. The van der Waals surface area contributed by atoms with Gasteiger partial charge in [0.2, 0.25) is 0 Å². The van der Waals surface area contributed by atoms with Crippen molar-refractivity contribution < 1.29 is 9.47 Å². The molecule has 1 N–H and O–H groups in total. The molecule has 0 atom stereocenters. The number of nitrogens with one attached hydrogen (secondary N) is 1. The maximum absolute atomic E-state index is 5.70. The molecule has 1 fully saturated rings. The first-order valence-electron chi connectivity index (χ1n) is 8.94. The van der Waals surface area contributed by atoms with Crippen molar-refractivity contribution in [1.82, 2.24) is 10.2 Å². The average Bonchev–Trinajstić information content (AvgIpc) is 3.41. The number of likely N-dealkylation sites (N-methyl/N-ethyl adjacent to an activating group) is 1. The Bertz CT molecular complexity index is 515. The Morgan fingerprint density at radius 1 is 1.33 bits per heavy atom. The number of guanidine groups is 1. The summed E-state index contributed by atoms with van der Waals surface area (Å²) in [6.45, 7) is 6.04. The Hall–Kier alpha value is -1.75. The van der Waals surface area contributed by atoms with Gasteiger partial charge < -0.3 is 19.7 Å². The molecule has 0 unspecified atom stereocenters. The van der Waals surface area contributed by atoms with Gasteiger partial charge in [-0.1, -0.05) is 18.2 Å². The zero-order chi connectivity index (χ0) is 17.2. The van der Waals surface area contributed by atoms with E-state index < -0.39 is 0 Å². The van der Waals surface area contributed by atoms with Gasteiger partial charge in [0.15, 0.2) is 5.96 Å². The monoisotopic (exact) mass is 333 g/mol. The van der Waals surface area contributed by atoms with Crippen LogP contribution in [0.15, 0.2) is 29.3 Å². The zero-order valence-corrected chi connectivity index (χ0v) is 15.3. The Kier molecular flexibility index (Phi) is 7.89. The van der Waals surface area contributed by atoms with E-state index in [1.807, 2.05) is 33.2 Å². The third kappa shape index (κ3) is 6.40. The highest BCUT2D eigenvalue weighted by Gasteiger charge is 2.21. The average molecular weight is 333 g/mol. The molecule has 1 saturated carbocycles. The second-order valence-corrected chi connectivity index (χ2v) is 6.20. The Morgan fingerprint density at radius 3 is 2.83 bits per heavy atom. The van der Waals surface area contributed by atoms with Gasteiger partial charge >= 0.3 is 0 Å². The molecule has 0 spiro atoms. The van der Waals surface area contributed by atoms with Crippen LogP contribution < -0.4 is 10.1 Å². The molecule has 1 aromatic carbocycles. The molecule has 1 aliphatic carbocycles. The van der Waals surface area contributed by atoms with Crippen molar-refractivity contribution in [2.75, 3.05) is 47.0 Å². The fourth-order valence-corrected chi connectivity index (χ4v) is 2.54. The number of para-hydroxylation sites is 1. The predicted molar refractivity (Wildman–Crippen MR) is 98.8 cm³/mol. The lowest BCUT2D eigenvalue weighted by Gasteiger charge is -2.22. The summed E-state index contributed by atoms with van der Waals surface area (Å²) in [7, 11) is 3.86. The van der Waals surface area contributed by atoms with E-state index in [-0.39, 0.29) is 0 Å². The number of rotatable bonds is 10. The van der Waals surface area contributed by atoms with E-state index in [1.54, 1.807) is 0 Å². The van der Waals surface area contributed by atoms with Crippen molar-refractivity contribution in [2.24, 2.45) is 10.9 Å². The first kappa shape index (κ1) is 18.6. The number of hydrogen-bond donors (Lipinski definition) is 1. The maximum atomic E-state index is 5.70. The van der Waals surface area contributed by atoms with Crippen molar-refractivity contribution in [2.45, 2.75) is 26.2 Å². The quantitative estimate of drug-likeness (QED) is 0.406. The lowest BCUT2D eigenvalue weighted by molar-refractivity contribution is 0.115. The van der Waals surface area contributed by atoms with Gasteiger partial charge in [-0.3, -0.25) is 4.99 Å². The highest BCUT2D eigenvalue weighted by molar-refractivity contribution is 5.79. The van der Waals surface area contributed by atoms with Gasteiger partial charge in [0, 0.05) is 33.8 Å². The maximum Gasteiger partial charge on any atom is 0.193 e. The lowest BCUT2D eigenvalue weighted by Crippen LogP contribution is -2.41. The zero-order valence-electron chi connectivity index (χ0n) is 15.3. The molecule has 5 heteroatoms. The van der Waals surface area contributed by atoms with E-state index in [9.17, 15) is 0 Å². The molecule has 24 heavy (non-hydrogen) atoms. The van der Waals surface area contributed by atoms with Crippen molar-refractivity contribution >= 4 is 5.96 Å². The molecule has 2 rings (SSSR count). The third-order valence-electron chi connectivity index (χ3n) is 4.14. The van der Waals surface area contributed by atoms with Gasteiger partial charge in [-0.2, -0.15) is 0 Å². The van der Waals surface area contributed by atoms with Crippen LogP contribution in [0.2, 0.25) is 0 Å². The topological polar surface area (TPSA) is 46.1 Å². The Morgan fingerprint density at radius 2 is 2.12 bits per heavy atom. The van der Waals surface area contributed by atoms with Crippen molar-refractivity contribution in [3.8, 4) is 5.75 Å². The molecule has 0 aromatic heterocycles. The van der Waals surface area contributed by atoms with E-state index in [0.29, 0.717) is 6.61 Å². The molecule has 0 aliphatic heterocycles. The number of nitrogens with zero attached hydrogens (tertiary/aromatic N) is 2. The Labute approximate surface area is 146 Å².